The van der Waals surface area contributed by atoms with E-state index in [4.69, 9.17) is 9.47 Å². The zero-order chi connectivity index (χ0) is 14.9. The van der Waals surface area contributed by atoms with Crippen molar-refractivity contribution in [2.75, 3.05) is 26.4 Å². The molecule has 0 aromatic heterocycles. The van der Waals surface area contributed by atoms with Crippen LogP contribution in [0, 0.1) is 0 Å². The van der Waals surface area contributed by atoms with Gasteiger partial charge in [-0.25, -0.2) is 0 Å². The minimum atomic E-state index is 0.342. The molecule has 0 spiro atoms. The lowest BCUT2D eigenvalue weighted by atomic mass is 10.1. The third kappa shape index (κ3) is 6.92. The Morgan fingerprint density at radius 3 is 2.90 bits per heavy atom. The highest BCUT2D eigenvalue weighted by Crippen LogP contribution is 2.12. The van der Waals surface area contributed by atoms with Crippen molar-refractivity contribution < 1.29 is 9.47 Å². The van der Waals surface area contributed by atoms with Gasteiger partial charge < -0.3 is 14.8 Å². The number of hydrogen-bond acceptors (Lipinski definition) is 3. The largest absolute Gasteiger partial charge is 0.379 e. The maximum atomic E-state index is 5.66. The van der Waals surface area contributed by atoms with Gasteiger partial charge >= 0.3 is 0 Å². The van der Waals surface area contributed by atoms with Crippen LogP contribution in [0.15, 0.2) is 28.7 Å². The van der Waals surface area contributed by atoms with E-state index in [1.807, 2.05) is 0 Å². The molecule has 1 aromatic carbocycles. The molecule has 0 amide bonds. The van der Waals surface area contributed by atoms with Crippen LogP contribution in [0.5, 0.6) is 0 Å². The molecule has 118 valence electrons. The molecule has 4 heteroatoms. The summed E-state index contributed by atoms with van der Waals surface area (Å²) in [7, 11) is 0. The molecule has 1 aliphatic heterocycles. The summed E-state index contributed by atoms with van der Waals surface area (Å²) in [4.78, 5) is 0. The van der Waals surface area contributed by atoms with Crippen LogP contribution in [0.4, 0.5) is 0 Å². The number of ether oxygens (including phenoxy) is 2. The second kappa shape index (κ2) is 9.57. The lowest BCUT2D eigenvalue weighted by Crippen LogP contribution is -2.29. The lowest BCUT2D eigenvalue weighted by molar-refractivity contribution is 0.0165. The smallest absolute Gasteiger partial charge is 0.0809 e. The van der Waals surface area contributed by atoms with Crippen molar-refractivity contribution in [3.8, 4) is 0 Å². The Kier molecular flexibility index (Phi) is 7.72. The van der Waals surface area contributed by atoms with Crippen molar-refractivity contribution in [3.05, 3.63) is 34.3 Å². The lowest BCUT2D eigenvalue weighted by Gasteiger charge is -2.14. The second-order valence-corrected chi connectivity index (χ2v) is 6.66. The first-order valence-corrected chi connectivity index (χ1v) is 8.70. The molecule has 1 N–H and O–H groups in total. The van der Waals surface area contributed by atoms with Crippen LogP contribution in [0.25, 0.3) is 0 Å². The third-order valence-corrected chi connectivity index (χ3v) is 4.27. The van der Waals surface area contributed by atoms with Gasteiger partial charge in [-0.1, -0.05) is 28.1 Å². The molecule has 0 saturated carbocycles. The molecule has 1 aliphatic rings. The molecule has 1 saturated heterocycles. The Balaban J connectivity index is 1.48. The predicted octanol–water partition coefficient (Wildman–Crippen LogP) is 3.56. The average molecular weight is 356 g/mol. The summed E-state index contributed by atoms with van der Waals surface area (Å²) in [6.07, 6.45) is 4.79. The molecule has 1 heterocycles. The highest BCUT2D eigenvalue weighted by atomic mass is 79.9. The summed E-state index contributed by atoms with van der Waals surface area (Å²) in [5.41, 5.74) is 1.37. The van der Waals surface area contributed by atoms with Gasteiger partial charge in [0.2, 0.25) is 0 Å². The monoisotopic (exact) mass is 355 g/mol. The fraction of sp³-hybridized carbons (Fsp3) is 0.647. The Morgan fingerprint density at radius 2 is 2.19 bits per heavy atom. The highest BCUT2D eigenvalue weighted by Gasteiger charge is 2.14. The van der Waals surface area contributed by atoms with E-state index in [-0.39, 0.29) is 0 Å². The van der Waals surface area contributed by atoms with Crippen LogP contribution in [-0.2, 0) is 15.9 Å². The number of rotatable bonds is 9. The van der Waals surface area contributed by atoms with Crippen molar-refractivity contribution >= 4 is 15.9 Å². The van der Waals surface area contributed by atoms with Crippen molar-refractivity contribution in [2.45, 2.75) is 44.8 Å². The molecule has 2 atom stereocenters. The standard InChI is InChI=1S/C17H26BrNO2/c1-14(12-15-5-7-16(18)8-6-15)19-9-3-10-20-13-17-4-2-11-21-17/h5-8,14,17,19H,2-4,9-13H2,1H3. The fourth-order valence-electron chi connectivity index (χ4n) is 2.56. The normalized spacial score (nSPS) is 19.8. The third-order valence-electron chi connectivity index (χ3n) is 3.74. The van der Waals surface area contributed by atoms with Crippen LogP contribution in [0.2, 0.25) is 0 Å². The first-order chi connectivity index (χ1) is 10.2. The Hall–Kier alpha value is -0.420. The van der Waals surface area contributed by atoms with Crippen LogP contribution in [-0.4, -0.2) is 38.5 Å². The first kappa shape index (κ1) is 16.9. The summed E-state index contributed by atoms with van der Waals surface area (Å²) in [5, 5.41) is 3.55. The van der Waals surface area contributed by atoms with Gasteiger partial charge in [0.25, 0.3) is 0 Å². The molecule has 1 aromatic rings. The molecule has 1 fully saturated rings. The summed E-state index contributed by atoms with van der Waals surface area (Å²) in [6, 6.07) is 9.03. The Morgan fingerprint density at radius 1 is 1.38 bits per heavy atom. The zero-order valence-corrected chi connectivity index (χ0v) is 14.4. The maximum absolute atomic E-state index is 5.66. The summed E-state index contributed by atoms with van der Waals surface area (Å²) in [6.45, 7) is 5.72. The van der Waals surface area contributed by atoms with E-state index in [0.29, 0.717) is 12.1 Å². The van der Waals surface area contributed by atoms with Gasteiger partial charge in [-0.3, -0.25) is 0 Å². The SMILES string of the molecule is CC(Cc1ccc(Br)cc1)NCCCOCC1CCCO1. The molecular formula is C17H26BrNO2. The molecule has 3 nitrogen and oxygen atoms in total. The predicted molar refractivity (Wildman–Crippen MR) is 89.7 cm³/mol. The van der Waals surface area contributed by atoms with Crippen LogP contribution >= 0.6 is 15.9 Å². The van der Waals surface area contributed by atoms with Gasteiger partial charge in [0.05, 0.1) is 12.7 Å². The van der Waals surface area contributed by atoms with Gasteiger partial charge in [0, 0.05) is 23.7 Å². The van der Waals surface area contributed by atoms with E-state index in [0.717, 1.165) is 50.1 Å². The van der Waals surface area contributed by atoms with Gasteiger partial charge in [0.15, 0.2) is 0 Å². The van der Waals surface area contributed by atoms with Crippen molar-refractivity contribution in [3.63, 3.8) is 0 Å². The molecule has 0 bridgehead atoms. The maximum Gasteiger partial charge on any atom is 0.0809 e. The second-order valence-electron chi connectivity index (χ2n) is 5.75. The van der Waals surface area contributed by atoms with Gasteiger partial charge in [-0.05, 0) is 56.8 Å². The van der Waals surface area contributed by atoms with Crippen LogP contribution < -0.4 is 5.32 Å². The number of hydrogen-bond donors (Lipinski definition) is 1. The molecule has 0 radical (unpaired) electrons. The van der Waals surface area contributed by atoms with E-state index in [1.165, 1.54) is 12.0 Å². The van der Waals surface area contributed by atoms with Crippen molar-refractivity contribution in [1.29, 1.82) is 0 Å². The van der Waals surface area contributed by atoms with E-state index in [9.17, 15) is 0 Å². The molecule has 21 heavy (non-hydrogen) atoms. The molecular weight excluding hydrogens is 330 g/mol. The molecule has 0 aliphatic carbocycles. The fourth-order valence-corrected chi connectivity index (χ4v) is 2.82. The van der Waals surface area contributed by atoms with E-state index in [1.54, 1.807) is 0 Å². The summed E-state index contributed by atoms with van der Waals surface area (Å²) < 4.78 is 12.3. The van der Waals surface area contributed by atoms with Gasteiger partial charge in [-0.2, -0.15) is 0 Å². The summed E-state index contributed by atoms with van der Waals surface area (Å²) in [5.74, 6) is 0. The van der Waals surface area contributed by atoms with Gasteiger partial charge in [-0.15, -0.1) is 0 Å². The number of benzene rings is 1. The van der Waals surface area contributed by atoms with Crippen LogP contribution in [0.1, 0.15) is 31.7 Å². The Bertz CT molecular complexity index is 390. The zero-order valence-electron chi connectivity index (χ0n) is 12.8. The van der Waals surface area contributed by atoms with E-state index in [2.05, 4.69) is 52.4 Å². The average Bonchev–Trinajstić information content (AvgIpc) is 2.98. The summed E-state index contributed by atoms with van der Waals surface area (Å²) >= 11 is 3.46. The number of nitrogens with one attached hydrogen (secondary N) is 1. The topological polar surface area (TPSA) is 30.5 Å². The first-order valence-electron chi connectivity index (χ1n) is 7.91. The van der Waals surface area contributed by atoms with Crippen molar-refractivity contribution in [2.24, 2.45) is 0 Å². The highest BCUT2D eigenvalue weighted by molar-refractivity contribution is 9.10. The Labute approximate surface area is 136 Å². The minimum Gasteiger partial charge on any atom is -0.379 e. The van der Waals surface area contributed by atoms with E-state index >= 15 is 0 Å². The quantitative estimate of drug-likeness (QED) is 0.687. The molecule has 2 unspecified atom stereocenters. The number of halogens is 1. The van der Waals surface area contributed by atoms with Crippen molar-refractivity contribution in [1.82, 2.24) is 5.32 Å². The van der Waals surface area contributed by atoms with Gasteiger partial charge in [0.1, 0.15) is 0 Å². The van der Waals surface area contributed by atoms with E-state index < -0.39 is 0 Å². The molecule has 2 rings (SSSR count). The minimum absolute atomic E-state index is 0.342. The van der Waals surface area contributed by atoms with Crippen LogP contribution in [0.3, 0.4) is 0 Å².